The molecule has 2 heterocycles. The molecule has 0 aromatic heterocycles. The predicted octanol–water partition coefficient (Wildman–Crippen LogP) is 2.03. The summed E-state index contributed by atoms with van der Waals surface area (Å²) in [6, 6.07) is 15.0. The molecule has 2 aromatic rings. The lowest BCUT2D eigenvalue weighted by molar-refractivity contribution is 0.262. The van der Waals surface area contributed by atoms with Gasteiger partial charge in [0.05, 0.1) is 24.5 Å². The van der Waals surface area contributed by atoms with Crippen molar-refractivity contribution in [3.8, 4) is 0 Å². The SMILES string of the molecule is O=C(Nc1ccccc1C1=NCCN1)Nc1ccccc1C1=NCCN1. The second-order valence-corrected chi connectivity index (χ2v) is 5.98. The maximum absolute atomic E-state index is 12.6. The summed E-state index contributed by atoms with van der Waals surface area (Å²) in [5, 5.41) is 12.3. The molecule has 0 fully saturated rings. The highest BCUT2D eigenvalue weighted by Crippen LogP contribution is 2.19. The van der Waals surface area contributed by atoms with Crippen LogP contribution in [0.25, 0.3) is 0 Å². The zero-order valence-corrected chi connectivity index (χ0v) is 14.2. The first kappa shape index (κ1) is 16.1. The van der Waals surface area contributed by atoms with Gasteiger partial charge in [0.1, 0.15) is 11.7 Å². The molecule has 7 nitrogen and oxygen atoms in total. The quantitative estimate of drug-likeness (QED) is 0.681. The topological polar surface area (TPSA) is 89.9 Å². The van der Waals surface area contributed by atoms with E-state index in [1.165, 1.54) is 0 Å². The number of carbonyl (C=O) groups is 1. The number of benzene rings is 2. The van der Waals surface area contributed by atoms with Gasteiger partial charge in [0.25, 0.3) is 0 Å². The Balaban J connectivity index is 1.52. The Labute approximate surface area is 151 Å². The van der Waals surface area contributed by atoms with E-state index in [0.717, 1.165) is 49.0 Å². The van der Waals surface area contributed by atoms with Crippen LogP contribution in [-0.4, -0.2) is 43.9 Å². The van der Waals surface area contributed by atoms with Crippen molar-refractivity contribution in [3.63, 3.8) is 0 Å². The van der Waals surface area contributed by atoms with Crippen LogP contribution in [0, 0.1) is 0 Å². The van der Waals surface area contributed by atoms with E-state index in [4.69, 9.17) is 0 Å². The zero-order valence-electron chi connectivity index (χ0n) is 14.2. The third-order valence-corrected chi connectivity index (χ3v) is 4.21. The Kier molecular flexibility index (Phi) is 4.51. The normalized spacial score (nSPS) is 15.5. The lowest BCUT2D eigenvalue weighted by atomic mass is 10.1. The first-order valence-electron chi connectivity index (χ1n) is 8.65. The van der Waals surface area contributed by atoms with Gasteiger partial charge < -0.3 is 21.3 Å². The Hall–Kier alpha value is -3.35. The number of aliphatic imine (C=N–C) groups is 2. The van der Waals surface area contributed by atoms with Gasteiger partial charge in [0.15, 0.2) is 0 Å². The molecule has 0 aliphatic carbocycles. The van der Waals surface area contributed by atoms with Gasteiger partial charge in [-0.05, 0) is 24.3 Å². The van der Waals surface area contributed by atoms with Gasteiger partial charge in [-0.2, -0.15) is 0 Å². The molecule has 2 aromatic carbocycles. The number of nitrogens with zero attached hydrogens (tertiary/aromatic N) is 2. The predicted molar refractivity (Wildman–Crippen MR) is 104 cm³/mol. The first-order chi connectivity index (χ1) is 12.8. The highest BCUT2D eigenvalue weighted by molar-refractivity contribution is 6.11. The molecule has 7 heteroatoms. The highest BCUT2D eigenvalue weighted by Gasteiger charge is 2.16. The summed E-state index contributed by atoms with van der Waals surface area (Å²) in [5.74, 6) is 1.62. The number of amides is 2. The highest BCUT2D eigenvalue weighted by atomic mass is 16.2. The largest absolute Gasteiger partial charge is 0.368 e. The van der Waals surface area contributed by atoms with Crippen LogP contribution in [0.3, 0.4) is 0 Å². The Morgan fingerprint density at radius 1 is 0.769 bits per heavy atom. The molecule has 0 spiro atoms. The summed E-state index contributed by atoms with van der Waals surface area (Å²) >= 11 is 0. The number of carbonyl (C=O) groups excluding carboxylic acids is 1. The molecule has 4 rings (SSSR count). The third kappa shape index (κ3) is 3.37. The van der Waals surface area contributed by atoms with Crippen LogP contribution in [0.5, 0.6) is 0 Å². The summed E-state index contributed by atoms with van der Waals surface area (Å²) in [5.41, 5.74) is 3.20. The first-order valence-corrected chi connectivity index (χ1v) is 8.65. The molecule has 0 atom stereocenters. The molecule has 26 heavy (non-hydrogen) atoms. The van der Waals surface area contributed by atoms with E-state index in [9.17, 15) is 4.79 Å². The van der Waals surface area contributed by atoms with E-state index in [1.54, 1.807) is 0 Å². The molecule has 0 saturated heterocycles. The van der Waals surface area contributed by atoms with Crippen LogP contribution >= 0.6 is 0 Å². The minimum absolute atomic E-state index is 0.304. The maximum Gasteiger partial charge on any atom is 0.323 e. The van der Waals surface area contributed by atoms with E-state index >= 15 is 0 Å². The number of amidine groups is 2. The maximum atomic E-state index is 12.6. The fourth-order valence-corrected chi connectivity index (χ4v) is 3.03. The summed E-state index contributed by atoms with van der Waals surface area (Å²) in [6.45, 7) is 3.13. The van der Waals surface area contributed by atoms with E-state index in [-0.39, 0.29) is 6.03 Å². The van der Waals surface area contributed by atoms with Crippen LogP contribution in [0.2, 0.25) is 0 Å². The molecule has 0 unspecified atom stereocenters. The molecule has 0 saturated carbocycles. The molecular formula is C19H20N6O. The fourth-order valence-electron chi connectivity index (χ4n) is 3.03. The molecular weight excluding hydrogens is 328 g/mol. The lowest BCUT2D eigenvalue weighted by Gasteiger charge is -2.14. The molecule has 2 aliphatic heterocycles. The van der Waals surface area contributed by atoms with Gasteiger partial charge in [0.2, 0.25) is 0 Å². The van der Waals surface area contributed by atoms with Crippen LogP contribution in [0.15, 0.2) is 58.5 Å². The van der Waals surface area contributed by atoms with Crippen LogP contribution in [-0.2, 0) is 0 Å². The smallest absolute Gasteiger partial charge is 0.323 e. The number of para-hydroxylation sites is 2. The Bertz CT molecular complexity index is 818. The summed E-state index contributed by atoms with van der Waals surface area (Å²) in [7, 11) is 0. The van der Waals surface area contributed by atoms with Gasteiger partial charge in [-0.15, -0.1) is 0 Å². The molecule has 0 bridgehead atoms. The van der Waals surface area contributed by atoms with Crippen molar-refractivity contribution in [1.29, 1.82) is 0 Å². The zero-order chi connectivity index (χ0) is 17.8. The van der Waals surface area contributed by atoms with Crippen molar-refractivity contribution in [2.45, 2.75) is 0 Å². The van der Waals surface area contributed by atoms with Gasteiger partial charge in [-0.3, -0.25) is 9.98 Å². The summed E-state index contributed by atoms with van der Waals surface area (Å²) in [6.07, 6.45) is 0. The van der Waals surface area contributed by atoms with Crippen molar-refractivity contribution < 1.29 is 4.79 Å². The average Bonchev–Trinajstić information content (AvgIpc) is 3.37. The van der Waals surface area contributed by atoms with Crippen molar-refractivity contribution in [3.05, 3.63) is 59.7 Å². The van der Waals surface area contributed by atoms with E-state index in [0.29, 0.717) is 11.4 Å². The second kappa shape index (κ2) is 7.26. The number of rotatable bonds is 4. The Morgan fingerprint density at radius 2 is 1.23 bits per heavy atom. The van der Waals surface area contributed by atoms with E-state index in [1.807, 2.05) is 48.5 Å². The Morgan fingerprint density at radius 3 is 1.65 bits per heavy atom. The van der Waals surface area contributed by atoms with Crippen molar-refractivity contribution in [1.82, 2.24) is 10.6 Å². The van der Waals surface area contributed by atoms with E-state index in [2.05, 4.69) is 31.3 Å². The number of nitrogens with one attached hydrogen (secondary N) is 4. The number of urea groups is 1. The summed E-state index contributed by atoms with van der Waals surface area (Å²) < 4.78 is 0. The summed E-state index contributed by atoms with van der Waals surface area (Å²) in [4.78, 5) is 21.4. The van der Waals surface area contributed by atoms with Gasteiger partial charge in [-0.25, -0.2) is 4.79 Å². The molecule has 0 radical (unpaired) electrons. The van der Waals surface area contributed by atoms with Crippen LogP contribution in [0.1, 0.15) is 11.1 Å². The number of hydrogen-bond donors (Lipinski definition) is 4. The molecule has 2 amide bonds. The van der Waals surface area contributed by atoms with Gasteiger partial charge in [-0.1, -0.05) is 24.3 Å². The average molecular weight is 348 g/mol. The van der Waals surface area contributed by atoms with Crippen molar-refractivity contribution in [2.75, 3.05) is 36.8 Å². The lowest BCUT2D eigenvalue weighted by Crippen LogP contribution is -2.26. The van der Waals surface area contributed by atoms with Gasteiger partial charge in [0, 0.05) is 24.2 Å². The fraction of sp³-hybridized carbons (Fsp3) is 0.211. The monoisotopic (exact) mass is 348 g/mol. The molecule has 132 valence electrons. The molecule has 4 N–H and O–H groups in total. The van der Waals surface area contributed by atoms with Crippen molar-refractivity contribution >= 4 is 29.1 Å². The number of anilines is 2. The minimum atomic E-state index is -0.304. The third-order valence-electron chi connectivity index (χ3n) is 4.21. The molecule has 2 aliphatic rings. The van der Waals surface area contributed by atoms with Crippen molar-refractivity contribution in [2.24, 2.45) is 9.98 Å². The second-order valence-electron chi connectivity index (χ2n) is 5.98. The standard InChI is InChI=1S/C19H20N6O/c26-19(24-15-7-3-1-5-13(15)17-20-9-10-21-17)25-16-8-4-2-6-14(16)18-22-11-12-23-18/h1-8H,9-12H2,(H,20,21)(H,22,23)(H2,24,25,26). The number of hydrogen-bond acceptors (Lipinski definition) is 5. The van der Waals surface area contributed by atoms with E-state index < -0.39 is 0 Å². The van der Waals surface area contributed by atoms with Crippen LogP contribution < -0.4 is 21.3 Å². The van der Waals surface area contributed by atoms with Gasteiger partial charge >= 0.3 is 6.03 Å². The minimum Gasteiger partial charge on any atom is -0.368 e. The van der Waals surface area contributed by atoms with Crippen LogP contribution in [0.4, 0.5) is 16.2 Å².